The Bertz CT molecular complexity index is 1320. The molecule has 0 saturated carbocycles. The number of hydrogen-bond donors (Lipinski definition) is 0. The second kappa shape index (κ2) is 7.63. The summed E-state index contributed by atoms with van der Waals surface area (Å²) in [6, 6.07) is 19.2. The van der Waals surface area contributed by atoms with Crippen LogP contribution in [0.2, 0.25) is 0 Å². The maximum absolute atomic E-state index is 9.93. The third-order valence-electron chi connectivity index (χ3n) is 6.59. The third-order valence-corrected chi connectivity index (χ3v) is 6.59. The number of imidazole rings is 1. The zero-order chi connectivity index (χ0) is 21.5. The lowest BCUT2D eigenvalue weighted by Gasteiger charge is -2.39. The summed E-state index contributed by atoms with van der Waals surface area (Å²) in [7, 11) is 0. The molecule has 5 rings (SSSR count). The maximum atomic E-state index is 9.93. The van der Waals surface area contributed by atoms with Crippen LogP contribution >= 0.6 is 0 Å². The molecule has 1 saturated heterocycles. The zero-order valence-corrected chi connectivity index (χ0v) is 18.4. The fraction of sp³-hybridized carbons (Fsp3) is 0.308. The molecule has 4 aromatic rings. The molecule has 1 aliphatic heterocycles. The highest BCUT2D eigenvalue weighted by Gasteiger charge is 2.26. The molecule has 5 nitrogen and oxygen atoms in total. The van der Waals surface area contributed by atoms with Gasteiger partial charge in [0, 0.05) is 31.9 Å². The number of nitrogens with zero attached hydrogens (tertiary/aromatic N) is 5. The summed E-state index contributed by atoms with van der Waals surface area (Å²) >= 11 is 0. The van der Waals surface area contributed by atoms with Crippen molar-refractivity contribution in [2.45, 2.75) is 27.2 Å². The van der Waals surface area contributed by atoms with Gasteiger partial charge in [0.05, 0.1) is 16.6 Å². The fourth-order valence-electron chi connectivity index (χ4n) is 5.00. The third kappa shape index (κ3) is 3.02. The molecule has 0 atom stereocenters. The molecule has 0 bridgehead atoms. The lowest BCUT2D eigenvalue weighted by atomic mass is 10.0. The molecule has 1 aliphatic rings. The highest BCUT2D eigenvalue weighted by Crippen LogP contribution is 2.34. The van der Waals surface area contributed by atoms with E-state index in [1.165, 1.54) is 22.6 Å². The number of aryl methyl sites for hydroxylation is 1. The Kier molecular flexibility index (Phi) is 4.78. The molecule has 1 fully saturated rings. The lowest BCUT2D eigenvalue weighted by molar-refractivity contribution is 0.641. The minimum absolute atomic E-state index is 0.690. The highest BCUT2D eigenvalue weighted by molar-refractivity contribution is 5.86. The maximum Gasteiger partial charge on any atom is 0.157 e. The summed E-state index contributed by atoms with van der Waals surface area (Å²) in [6.07, 6.45) is 0.885. The quantitative estimate of drug-likeness (QED) is 0.485. The van der Waals surface area contributed by atoms with E-state index >= 15 is 0 Å². The summed E-state index contributed by atoms with van der Waals surface area (Å²) in [5.41, 5.74) is 8.42. The number of fused-ring (bicyclic) bond motifs is 3. The molecule has 0 N–H and O–H groups in total. The van der Waals surface area contributed by atoms with Crippen LogP contribution in [0.5, 0.6) is 0 Å². The minimum atomic E-state index is 0.690. The van der Waals surface area contributed by atoms with E-state index in [9.17, 15) is 5.26 Å². The van der Waals surface area contributed by atoms with Gasteiger partial charge in [-0.05, 0) is 55.2 Å². The molecular formula is C26H27N5. The summed E-state index contributed by atoms with van der Waals surface area (Å²) in [5, 5.41) is 9.93. The van der Waals surface area contributed by atoms with Gasteiger partial charge in [0.25, 0.3) is 0 Å². The van der Waals surface area contributed by atoms with Gasteiger partial charge in [-0.25, -0.2) is 4.98 Å². The second-order valence-corrected chi connectivity index (χ2v) is 8.29. The predicted octanol–water partition coefficient (Wildman–Crippen LogP) is 4.87. The van der Waals surface area contributed by atoms with Gasteiger partial charge in [0.2, 0.25) is 0 Å². The molecule has 3 heterocycles. The van der Waals surface area contributed by atoms with Gasteiger partial charge < -0.3 is 9.80 Å². The van der Waals surface area contributed by atoms with Gasteiger partial charge in [0.15, 0.2) is 5.65 Å². The van der Waals surface area contributed by atoms with E-state index < -0.39 is 0 Å². The Morgan fingerprint density at radius 1 is 0.935 bits per heavy atom. The highest BCUT2D eigenvalue weighted by atomic mass is 15.3. The first-order chi connectivity index (χ1) is 15.1. The number of aromatic nitrogens is 2. The van der Waals surface area contributed by atoms with Gasteiger partial charge >= 0.3 is 0 Å². The zero-order valence-electron chi connectivity index (χ0n) is 18.4. The largest absolute Gasteiger partial charge is 0.368 e. The first-order valence-electron chi connectivity index (χ1n) is 11.0. The summed E-state index contributed by atoms with van der Waals surface area (Å²) in [4.78, 5) is 9.83. The van der Waals surface area contributed by atoms with Crippen molar-refractivity contribution >= 4 is 28.2 Å². The van der Waals surface area contributed by atoms with Gasteiger partial charge in [-0.1, -0.05) is 37.3 Å². The average molecular weight is 410 g/mol. The SMILES string of the molecule is CCc1c(C)c(C#N)c2nc3ccccc3n2c1N1CCN(c2ccccc2C)CC1. The summed E-state index contributed by atoms with van der Waals surface area (Å²) in [5.74, 6) is 1.20. The fourth-order valence-corrected chi connectivity index (χ4v) is 5.00. The van der Waals surface area contributed by atoms with Crippen molar-refractivity contribution in [3.8, 4) is 6.07 Å². The molecule has 0 spiro atoms. The van der Waals surface area contributed by atoms with E-state index in [0.29, 0.717) is 5.56 Å². The number of nitriles is 1. The van der Waals surface area contributed by atoms with E-state index in [4.69, 9.17) is 4.98 Å². The molecule has 31 heavy (non-hydrogen) atoms. The standard InChI is InChI=1S/C26H27N5/c1-4-20-19(3)21(17-27)25-28-22-10-6-8-12-24(22)31(25)26(20)30-15-13-29(14-16-30)23-11-7-5-9-18(23)2/h5-12H,4,13-16H2,1-3H3. The van der Waals surface area contributed by atoms with Gasteiger partial charge in [-0.15, -0.1) is 0 Å². The molecule has 5 heteroatoms. The van der Waals surface area contributed by atoms with Crippen LogP contribution < -0.4 is 9.80 Å². The van der Waals surface area contributed by atoms with Gasteiger partial charge in [-0.3, -0.25) is 4.40 Å². The van der Waals surface area contributed by atoms with Crippen LogP contribution in [0.15, 0.2) is 48.5 Å². The average Bonchev–Trinajstić information content (AvgIpc) is 3.18. The van der Waals surface area contributed by atoms with Crippen molar-refractivity contribution < 1.29 is 0 Å². The Morgan fingerprint density at radius 2 is 1.61 bits per heavy atom. The monoisotopic (exact) mass is 409 g/mol. The van der Waals surface area contributed by atoms with E-state index in [1.807, 2.05) is 18.2 Å². The molecule has 156 valence electrons. The Hall–Kier alpha value is -3.52. The van der Waals surface area contributed by atoms with Crippen molar-refractivity contribution in [3.05, 3.63) is 70.8 Å². The molecule has 0 radical (unpaired) electrons. The molecule has 0 aliphatic carbocycles. The number of rotatable bonds is 3. The Labute approximate surface area is 183 Å². The number of benzene rings is 2. The first kappa shape index (κ1) is 19.4. The van der Waals surface area contributed by atoms with Crippen molar-refractivity contribution in [1.29, 1.82) is 5.26 Å². The Morgan fingerprint density at radius 3 is 2.32 bits per heavy atom. The van der Waals surface area contributed by atoms with Crippen molar-refractivity contribution in [2.75, 3.05) is 36.0 Å². The molecule has 0 unspecified atom stereocenters. The number of para-hydroxylation sites is 3. The van der Waals surface area contributed by atoms with Crippen LogP contribution in [0, 0.1) is 25.2 Å². The van der Waals surface area contributed by atoms with Crippen LogP contribution in [0.3, 0.4) is 0 Å². The van der Waals surface area contributed by atoms with Crippen molar-refractivity contribution in [2.24, 2.45) is 0 Å². The minimum Gasteiger partial charge on any atom is -0.368 e. The summed E-state index contributed by atoms with van der Waals surface area (Å²) < 4.78 is 2.23. The second-order valence-electron chi connectivity index (χ2n) is 8.29. The van der Waals surface area contributed by atoms with E-state index in [0.717, 1.165) is 54.8 Å². The number of hydrogen-bond acceptors (Lipinski definition) is 4. The van der Waals surface area contributed by atoms with Crippen LogP contribution in [-0.2, 0) is 6.42 Å². The van der Waals surface area contributed by atoms with Crippen LogP contribution in [0.4, 0.5) is 11.5 Å². The van der Waals surface area contributed by atoms with Crippen LogP contribution in [0.1, 0.15) is 29.2 Å². The lowest BCUT2D eigenvalue weighted by Crippen LogP contribution is -2.47. The number of piperazine rings is 1. The number of anilines is 2. The predicted molar refractivity (Wildman–Crippen MR) is 127 cm³/mol. The van der Waals surface area contributed by atoms with Crippen molar-refractivity contribution in [3.63, 3.8) is 0 Å². The first-order valence-corrected chi connectivity index (χ1v) is 11.0. The molecule has 2 aromatic carbocycles. The van der Waals surface area contributed by atoms with E-state index in [2.05, 4.69) is 71.4 Å². The van der Waals surface area contributed by atoms with Gasteiger partial charge in [0.1, 0.15) is 11.9 Å². The summed E-state index contributed by atoms with van der Waals surface area (Å²) in [6.45, 7) is 10.3. The Balaban J connectivity index is 1.63. The van der Waals surface area contributed by atoms with Crippen LogP contribution in [0.25, 0.3) is 16.7 Å². The number of pyridine rings is 1. The van der Waals surface area contributed by atoms with Crippen molar-refractivity contribution in [1.82, 2.24) is 9.38 Å². The van der Waals surface area contributed by atoms with E-state index in [1.54, 1.807) is 0 Å². The van der Waals surface area contributed by atoms with E-state index in [-0.39, 0.29) is 0 Å². The van der Waals surface area contributed by atoms with Gasteiger partial charge in [-0.2, -0.15) is 5.26 Å². The molecule has 2 aromatic heterocycles. The van der Waals surface area contributed by atoms with Crippen LogP contribution in [-0.4, -0.2) is 35.6 Å². The molecular weight excluding hydrogens is 382 g/mol. The smallest absolute Gasteiger partial charge is 0.157 e. The molecule has 0 amide bonds. The normalized spacial score (nSPS) is 14.4. The topological polar surface area (TPSA) is 47.6 Å².